The maximum atomic E-state index is 13.1. The average molecular weight is 363 g/mol. The van der Waals surface area contributed by atoms with Gasteiger partial charge in [-0.3, -0.25) is 4.79 Å². The minimum absolute atomic E-state index is 0.00128. The second-order valence-electron chi connectivity index (χ2n) is 8.87. The molecule has 0 spiro atoms. The summed E-state index contributed by atoms with van der Waals surface area (Å²) in [7, 11) is -3.71. The van der Waals surface area contributed by atoms with E-state index in [2.05, 4.69) is 64.4 Å². The summed E-state index contributed by atoms with van der Waals surface area (Å²) in [5.41, 5.74) is 3.70. The molecule has 0 atom stereocenters. The number of carbonyl (C=O) groups excluding carboxylic acids is 1. The molecule has 1 aromatic carbocycles. The van der Waals surface area contributed by atoms with E-state index in [1.807, 2.05) is 16.7 Å². The lowest BCUT2D eigenvalue weighted by atomic mass is 9.98. The SMILES string of the molecule is CC(C)Cc1cccc2c1N([Si](C)(C)C)C(=O)/C2=N\O[Si](C)(C)C. The van der Waals surface area contributed by atoms with E-state index in [1.165, 1.54) is 5.56 Å². The molecule has 0 saturated heterocycles. The Bertz CT molecular complexity index is 671. The Kier molecular flexibility index (Phi) is 5.11. The zero-order valence-corrected chi connectivity index (χ0v) is 18.2. The van der Waals surface area contributed by atoms with Gasteiger partial charge in [0.2, 0.25) is 0 Å². The molecule has 1 aromatic rings. The molecular formula is C18H30N2O2Si2. The van der Waals surface area contributed by atoms with Gasteiger partial charge in [-0.05, 0) is 37.5 Å². The van der Waals surface area contributed by atoms with Gasteiger partial charge in [0.25, 0.3) is 14.2 Å². The number of oxime groups is 1. The van der Waals surface area contributed by atoms with Crippen LogP contribution in [0.3, 0.4) is 0 Å². The van der Waals surface area contributed by atoms with Crippen molar-refractivity contribution in [1.29, 1.82) is 0 Å². The van der Waals surface area contributed by atoms with E-state index in [-0.39, 0.29) is 5.91 Å². The largest absolute Gasteiger partial charge is 0.455 e. The molecule has 4 nitrogen and oxygen atoms in total. The molecule has 0 aromatic heterocycles. The fourth-order valence-corrected chi connectivity index (χ4v) is 4.90. The maximum absolute atomic E-state index is 13.1. The minimum Gasteiger partial charge on any atom is -0.455 e. The van der Waals surface area contributed by atoms with Crippen LogP contribution in [0, 0.1) is 5.92 Å². The predicted octanol–water partition coefficient (Wildman–Crippen LogP) is 4.62. The van der Waals surface area contributed by atoms with Crippen molar-refractivity contribution in [2.75, 3.05) is 4.57 Å². The summed E-state index contributed by atoms with van der Waals surface area (Å²) in [6.45, 7) is 17.2. The number of anilines is 1. The van der Waals surface area contributed by atoms with Gasteiger partial charge in [-0.15, -0.1) is 0 Å². The van der Waals surface area contributed by atoms with E-state index in [1.54, 1.807) is 0 Å². The van der Waals surface area contributed by atoms with Crippen molar-refractivity contribution < 1.29 is 9.32 Å². The third-order valence-electron chi connectivity index (χ3n) is 3.71. The standard InChI is InChI=1S/C18H30N2O2Si2/c1-13(2)12-14-10-9-11-15-16(19-22-24(6,7)8)18(21)20(17(14)15)23(3,4)5/h9-11,13H,12H2,1-8H3/b19-16-. The van der Waals surface area contributed by atoms with E-state index >= 15 is 0 Å². The van der Waals surface area contributed by atoms with Gasteiger partial charge in [-0.1, -0.05) is 56.8 Å². The van der Waals surface area contributed by atoms with Gasteiger partial charge in [-0.2, -0.15) is 0 Å². The highest BCUT2D eigenvalue weighted by atomic mass is 28.4. The molecule has 0 unspecified atom stereocenters. The van der Waals surface area contributed by atoms with Crippen molar-refractivity contribution in [3.63, 3.8) is 0 Å². The first kappa shape index (κ1) is 18.9. The lowest BCUT2D eigenvalue weighted by Crippen LogP contribution is -2.49. The molecule has 0 fully saturated rings. The number of hydrogen-bond acceptors (Lipinski definition) is 3. The summed E-state index contributed by atoms with van der Waals surface area (Å²) >= 11 is 0. The van der Waals surface area contributed by atoms with Crippen molar-refractivity contribution in [2.45, 2.75) is 59.6 Å². The summed E-state index contributed by atoms with van der Waals surface area (Å²) < 4.78 is 7.74. The van der Waals surface area contributed by atoms with Gasteiger partial charge in [0.05, 0.1) is 0 Å². The fraction of sp³-hybridized carbons (Fsp3) is 0.556. The fourth-order valence-electron chi connectivity index (χ4n) is 2.88. The summed E-state index contributed by atoms with van der Waals surface area (Å²) in [5, 5.41) is 4.31. The number of rotatable bonds is 5. The van der Waals surface area contributed by atoms with Crippen molar-refractivity contribution in [3.05, 3.63) is 29.3 Å². The zero-order chi connectivity index (χ0) is 18.3. The van der Waals surface area contributed by atoms with E-state index in [4.69, 9.17) is 4.53 Å². The highest BCUT2D eigenvalue weighted by molar-refractivity contribution is 6.87. The number of amides is 1. The summed E-state index contributed by atoms with van der Waals surface area (Å²) in [5.74, 6) is 0.535. The second-order valence-corrected chi connectivity index (χ2v) is 18.1. The Labute approximate surface area is 148 Å². The Hall–Kier alpha value is -1.41. The molecule has 0 N–H and O–H groups in total. The number of nitrogens with zero attached hydrogens (tertiary/aromatic N) is 2. The molecule has 0 radical (unpaired) electrons. The first-order valence-electron chi connectivity index (χ1n) is 8.65. The van der Waals surface area contributed by atoms with Crippen molar-refractivity contribution in [3.8, 4) is 0 Å². The first-order chi connectivity index (χ1) is 10.9. The quantitative estimate of drug-likeness (QED) is 0.566. The monoisotopic (exact) mass is 362 g/mol. The van der Waals surface area contributed by atoms with Gasteiger partial charge < -0.3 is 9.09 Å². The molecule has 1 heterocycles. The summed E-state index contributed by atoms with van der Waals surface area (Å²) in [6, 6.07) is 6.17. The number of carbonyl (C=O) groups is 1. The van der Waals surface area contributed by atoms with Crippen LogP contribution in [0.25, 0.3) is 0 Å². The maximum Gasteiger partial charge on any atom is 0.278 e. The Morgan fingerprint density at radius 3 is 2.25 bits per heavy atom. The van der Waals surface area contributed by atoms with Gasteiger partial charge in [0.1, 0.15) is 0 Å². The Morgan fingerprint density at radius 2 is 1.75 bits per heavy atom. The molecule has 1 aliphatic rings. The normalized spacial score (nSPS) is 17.0. The van der Waals surface area contributed by atoms with E-state index in [9.17, 15) is 4.79 Å². The summed E-state index contributed by atoms with van der Waals surface area (Å²) in [6.07, 6.45) is 0.958. The molecule has 1 amide bonds. The smallest absolute Gasteiger partial charge is 0.278 e. The molecule has 0 bridgehead atoms. The van der Waals surface area contributed by atoms with Crippen LogP contribution in [-0.2, 0) is 15.7 Å². The van der Waals surface area contributed by atoms with E-state index in [0.717, 1.165) is 17.7 Å². The number of fused-ring (bicyclic) bond motifs is 1. The number of para-hydroxylation sites is 1. The highest BCUT2D eigenvalue weighted by Gasteiger charge is 2.43. The van der Waals surface area contributed by atoms with Crippen LogP contribution in [0.2, 0.25) is 39.3 Å². The molecule has 1 aliphatic heterocycles. The summed E-state index contributed by atoms with van der Waals surface area (Å²) in [4.78, 5) is 13.1. The highest BCUT2D eigenvalue weighted by Crippen LogP contribution is 2.37. The Morgan fingerprint density at radius 1 is 1.12 bits per heavy atom. The molecule has 24 heavy (non-hydrogen) atoms. The van der Waals surface area contributed by atoms with Crippen LogP contribution in [0.5, 0.6) is 0 Å². The van der Waals surface area contributed by atoms with Crippen molar-refractivity contribution >= 4 is 33.9 Å². The van der Waals surface area contributed by atoms with Crippen molar-refractivity contribution in [1.82, 2.24) is 0 Å². The van der Waals surface area contributed by atoms with E-state index in [0.29, 0.717) is 11.6 Å². The predicted molar refractivity (Wildman–Crippen MR) is 107 cm³/mol. The van der Waals surface area contributed by atoms with Crippen LogP contribution in [0.1, 0.15) is 25.0 Å². The zero-order valence-electron chi connectivity index (χ0n) is 16.2. The van der Waals surface area contributed by atoms with Gasteiger partial charge in [-0.25, -0.2) is 0 Å². The van der Waals surface area contributed by atoms with Crippen LogP contribution >= 0.6 is 0 Å². The number of benzene rings is 1. The van der Waals surface area contributed by atoms with E-state index < -0.39 is 16.6 Å². The molecule has 6 heteroatoms. The number of hydrogen-bond donors (Lipinski definition) is 0. The van der Waals surface area contributed by atoms with Crippen LogP contribution in [0.4, 0.5) is 5.69 Å². The lowest BCUT2D eigenvalue weighted by Gasteiger charge is -2.32. The Balaban J connectivity index is 2.61. The van der Waals surface area contributed by atoms with Crippen LogP contribution in [0.15, 0.2) is 23.4 Å². The third-order valence-corrected chi connectivity index (χ3v) is 6.12. The van der Waals surface area contributed by atoms with Crippen molar-refractivity contribution in [2.24, 2.45) is 11.1 Å². The molecule has 0 aliphatic carbocycles. The molecular weight excluding hydrogens is 332 g/mol. The third kappa shape index (κ3) is 3.98. The van der Waals surface area contributed by atoms with Gasteiger partial charge in [0.15, 0.2) is 13.9 Å². The first-order valence-corrected chi connectivity index (χ1v) is 15.5. The lowest BCUT2D eigenvalue weighted by molar-refractivity contribution is -0.111. The second kappa shape index (κ2) is 6.48. The molecule has 132 valence electrons. The molecule has 0 saturated carbocycles. The average Bonchev–Trinajstić information content (AvgIpc) is 2.67. The minimum atomic E-state index is -1.88. The topological polar surface area (TPSA) is 41.9 Å². The van der Waals surface area contributed by atoms with Crippen LogP contribution < -0.4 is 4.57 Å². The van der Waals surface area contributed by atoms with Crippen LogP contribution in [-0.4, -0.2) is 28.2 Å². The van der Waals surface area contributed by atoms with Gasteiger partial charge >= 0.3 is 0 Å². The molecule has 2 rings (SSSR count). The van der Waals surface area contributed by atoms with Gasteiger partial charge in [0, 0.05) is 11.3 Å².